The number of benzene rings is 1. The maximum atomic E-state index is 13.2. The fourth-order valence-corrected chi connectivity index (χ4v) is 6.80. The third-order valence-electron chi connectivity index (χ3n) is 7.91. The molecular formula is C22H21N3O6. The molecule has 3 saturated carbocycles. The van der Waals surface area contributed by atoms with Crippen LogP contribution in [0, 0.1) is 35.0 Å². The van der Waals surface area contributed by atoms with Crippen molar-refractivity contribution >= 4 is 35.3 Å². The molecule has 1 aromatic rings. The minimum atomic E-state index is -1.54. The molecule has 9 nitrogen and oxygen atoms in total. The summed E-state index contributed by atoms with van der Waals surface area (Å²) < 4.78 is 0. The van der Waals surface area contributed by atoms with Gasteiger partial charge in [-0.05, 0) is 25.5 Å². The monoisotopic (exact) mass is 423 g/mol. The molecule has 5 aliphatic rings. The molecule has 3 N–H and O–H groups in total. The van der Waals surface area contributed by atoms with Crippen molar-refractivity contribution in [2.75, 3.05) is 0 Å². The second kappa shape index (κ2) is 6.09. The van der Waals surface area contributed by atoms with Crippen LogP contribution >= 0.6 is 0 Å². The Balaban J connectivity index is 1.73. The zero-order valence-corrected chi connectivity index (χ0v) is 16.9. The van der Waals surface area contributed by atoms with Gasteiger partial charge in [0.15, 0.2) is 0 Å². The lowest BCUT2D eigenvalue weighted by molar-refractivity contribution is -0.189. The molecule has 2 aliphatic heterocycles. The van der Waals surface area contributed by atoms with Gasteiger partial charge >= 0.3 is 0 Å². The molecule has 9 heteroatoms. The van der Waals surface area contributed by atoms with E-state index in [4.69, 9.17) is 0 Å². The van der Waals surface area contributed by atoms with Crippen molar-refractivity contribution in [3.8, 4) is 0 Å². The molecule has 6 rings (SSSR count). The lowest BCUT2D eigenvalue weighted by Gasteiger charge is -2.64. The van der Waals surface area contributed by atoms with E-state index < -0.39 is 70.1 Å². The van der Waals surface area contributed by atoms with Crippen LogP contribution < -0.4 is 16.0 Å². The summed E-state index contributed by atoms with van der Waals surface area (Å²) in [6.45, 7) is 3.02. The smallest absolute Gasteiger partial charge is 0.251 e. The van der Waals surface area contributed by atoms with E-state index in [9.17, 15) is 28.8 Å². The summed E-state index contributed by atoms with van der Waals surface area (Å²) >= 11 is 0. The van der Waals surface area contributed by atoms with E-state index in [2.05, 4.69) is 16.0 Å². The number of imide groups is 2. The van der Waals surface area contributed by atoms with E-state index in [-0.39, 0.29) is 12.2 Å². The fraction of sp³-hybridized carbons (Fsp3) is 0.455. The molecule has 3 aliphatic carbocycles. The van der Waals surface area contributed by atoms with Gasteiger partial charge in [-0.1, -0.05) is 25.1 Å². The maximum Gasteiger partial charge on any atom is 0.251 e. The normalized spacial score (nSPS) is 40.1. The Hall–Kier alpha value is -3.36. The van der Waals surface area contributed by atoms with Crippen LogP contribution in [-0.2, 0) is 24.0 Å². The van der Waals surface area contributed by atoms with Gasteiger partial charge < -0.3 is 5.32 Å². The summed E-state index contributed by atoms with van der Waals surface area (Å²) in [7, 11) is 0. The summed E-state index contributed by atoms with van der Waals surface area (Å²) in [5.41, 5.74) is -2.45. The number of Topliss-reactive ketones (excluding diaryl/α,β-unsaturated/α-hetero) is 1. The van der Waals surface area contributed by atoms with E-state index in [0.29, 0.717) is 5.56 Å². The first-order chi connectivity index (χ1) is 14.6. The number of ketones is 1. The zero-order valence-electron chi connectivity index (χ0n) is 16.9. The first-order valence-corrected chi connectivity index (χ1v) is 10.2. The number of hydrogen-bond acceptors (Lipinski definition) is 6. The summed E-state index contributed by atoms with van der Waals surface area (Å²) in [5, 5.41) is 7.50. The van der Waals surface area contributed by atoms with Crippen LogP contribution in [0.5, 0.6) is 0 Å². The van der Waals surface area contributed by atoms with Gasteiger partial charge in [-0.15, -0.1) is 0 Å². The third kappa shape index (κ3) is 2.26. The lowest BCUT2D eigenvalue weighted by Crippen LogP contribution is -2.77. The SMILES string of the molecule is CC(=O)C1CC2(NC(=O)c3ccccc3)[C@@H]3C(=O)NC(=O)[C@@H]3C1(C)[C@@H]1C(=O)NC(=O)[C@@H]12. The third-order valence-corrected chi connectivity index (χ3v) is 7.91. The highest BCUT2D eigenvalue weighted by Gasteiger charge is 2.80. The Morgan fingerprint density at radius 3 is 1.84 bits per heavy atom. The Kier molecular flexibility index (Phi) is 3.85. The van der Waals surface area contributed by atoms with Crippen molar-refractivity contribution in [1.29, 1.82) is 0 Å². The Bertz CT molecular complexity index is 1040. The van der Waals surface area contributed by atoms with Crippen LogP contribution in [0.1, 0.15) is 30.6 Å². The second-order valence-electron chi connectivity index (χ2n) is 9.21. The maximum absolute atomic E-state index is 13.2. The van der Waals surface area contributed by atoms with E-state index in [1.807, 2.05) is 0 Å². The zero-order chi connectivity index (χ0) is 22.3. The predicted molar refractivity (Wildman–Crippen MR) is 104 cm³/mol. The lowest BCUT2D eigenvalue weighted by atomic mass is 9.37. The Labute approximate surface area is 177 Å². The van der Waals surface area contributed by atoms with Gasteiger partial charge in [-0.3, -0.25) is 39.4 Å². The van der Waals surface area contributed by atoms with Crippen LogP contribution in [0.15, 0.2) is 30.3 Å². The minimum absolute atomic E-state index is 0.00113. The molecule has 160 valence electrons. The average molecular weight is 423 g/mol. The van der Waals surface area contributed by atoms with Gasteiger partial charge in [0.05, 0.1) is 29.2 Å². The summed E-state index contributed by atoms with van der Waals surface area (Å²) in [4.78, 5) is 77.5. The largest absolute Gasteiger partial charge is 0.345 e. The average Bonchev–Trinajstić information content (AvgIpc) is 3.21. The summed E-state index contributed by atoms with van der Waals surface area (Å²) in [6, 6.07) is 8.25. The van der Waals surface area contributed by atoms with Crippen molar-refractivity contribution in [3.05, 3.63) is 35.9 Å². The molecule has 0 aromatic heterocycles. The van der Waals surface area contributed by atoms with Crippen molar-refractivity contribution in [3.63, 3.8) is 0 Å². The highest BCUT2D eigenvalue weighted by molar-refractivity contribution is 6.13. The molecule has 0 radical (unpaired) electrons. The van der Waals surface area contributed by atoms with E-state index in [1.54, 1.807) is 37.3 Å². The molecule has 0 spiro atoms. The second-order valence-corrected chi connectivity index (χ2v) is 9.21. The topological polar surface area (TPSA) is 139 Å². The standard InChI is InChI=1S/C22H21N3O6/c1-9(26)11-8-22(25-16(27)10-6-4-3-5-7-10)14-12(17(28)23-19(14)30)21(11,2)13-15(22)20(31)24-18(13)29/h3-7,11-15H,8H2,1-2H3,(H,25,27)(H,23,28,30)(H,24,29,31)/t11?,12-,13+,14+,15-,21?,22?. The molecule has 2 bridgehead atoms. The fourth-order valence-electron chi connectivity index (χ4n) is 6.80. The van der Waals surface area contributed by atoms with Crippen molar-refractivity contribution in [1.82, 2.24) is 16.0 Å². The van der Waals surface area contributed by atoms with Gasteiger partial charge in [-0.2, -0.15) is 0 Å². The van der Waals surface area contributed by atoms with Crippen LogP contribution in [-0.4, -0.2) is 40.9 Å². The predicted octanol–water partition coefficient (Wildman–Crippen LogP) is -0.438. The number of rotatable bonds is 3. The van der Waals surface area contributed by atoms with Crippen molar-refractivity contribution in [2.45, 2.75) is 25.8 Å². The van der Waals surface area contributed by atoms with Crippen LogP contribution in [0.25, 0.3) is 0 Å². The number of carbonyl (C=O) groups is 6. The van der Waals surface area contributed by atoms with Gasteiger partial charge in [0.2, 0.25) is 23.6 Å². The van der Waals surface area contributed by atoms with Gasteiger partial charge in [0.1, 0.15) is 5.78 Å². The quantitative estimate of drug-likeness (QED) is 0.564. The Morgan fingerprint density at radius 2 is 1.35 bits per heavy atom. The van der Waals surface area contributed by atoms with Gasteiger partial charge in [0, 0.05) is 16.9 Å². The van der Waals surface area contributed by atoms with Crippen LogP contribution in [0.3, 0.4) is 0 Å². The van der Waals surface area contributed by atoms with Crippen LogP contribution in [0.4, 0.5) is 0 Å². The first-order valence-electron chi connectivity index (χ1n) is 10.2. The molecular weight excluding hydrogens is 402 g/mol. The van der Waals surface area contributed by atoms with E-state index in [1.165, 1.54) is 6.92 Å². The highest BCUT2D eigenvalue weighted by atomic mass is 16.2. The number of fused-ring (bicyclic) bond motifs is 1. The van der Waals surface area contributed by atoms with Gasteiger partial charge in [0.25, 0.3) is 5.91 Å². The molecule has 31 heavy (non-hydrogen) atoms. The summed E-state index contributed by atoms with van der Waals surface area (Å²) in [5.74, 6) is -8.02. The number of carbonyl (C=O) groups excluding carboxylic acids is 6. The number of nitrogens with one attached hydrogen (secondary N) is 3. The molecule has 7 atom stereocenters. The molecule has 5 amide bonds. The highest BCUT2D eigenvalue weighted by Crippen LogP contribution is 2.68. The number of hydrogen-bond donors (Lipinski definition) is 3. The first kappa shape index (κ1) is 19.6. The molecule has 3 unspecified atom stereocenters. The van der Waals surface area contributed by atoms with E-state index >= 15 is 0 Å². The van der Waals surface area contributed by atoms with Crippen LogP contribution in [0.2, 0.25) is 0 Å². The van der Waals surface area contributed by atoms with E-state index in [0.717, 1.165) is 0 Å². The Morgan fingerprint density at radius 1 is 0.871 bits per heavy atom. The molecule has 2 heterocycles. The number of amides is 5. The molecule has 5 fully saturated rings. The van der Waals surface area contributed by atoms with Crippen molar-refractivity contribution < 1.29 is 28.8 Å². The minimum Gasteiger partial charge on any atom is -0.345 e. The van der Waals surface area contributed by atoms with Gasteiger partial charge in [-0.25, -0.2) is 0 Å². The molecule has 1 aromatic carbocycles. The molecule has 2 saturated heterocycles. The van der Waals surface area contributed by atoms with Crippen molar-refractivity contribution in [2.24, 2.45) is 35.0 Å². The summed E-state index contributed by atoms with van der Waals surface area (Å²) in [6.07, 6.45) is 0.00113.